The van der Waals surface area contributed by atoms with E-state index >= 15 is 0 Å². The van der Waals surface area contributed by atoms with Crippen LogP contribution in [0.15, 0.2) is 56.1 Å². The molecular weight excluding hydrogens is 404 g/mol. The number of methoxy groups -OCH3 is 2. The Hall–Kier alpha value is -2.80. The fraction of sp³-hybridized carbons (Fsp3) is 0.158. The van der Waals surface area contributed by atoms with Gasteiger partial charge in [0.25, 0.3) is 0 Å². The summed E-state index contributed by atoms with van der Waals surface area (Å²) in [5.74, 6) is 0.0734. The van der Waals surface area contributed by atoms with E-state index < -0.39 is 11.6 Å². The van der Waals surface area contributed by atoms with E-state index in [1.165, 1.54) is 20.3 Å². The minimum Gasteiger partial charge on any atom is -0.496 e. The topological polar surface area (TPSA) is 75.0 Å². The van der Waals surface area contributed by atoms with Gasteiger partial charge in [-0.1, -0.05) is 22.0 Å². The van der Waals surface area contributed by atoms with Gasteiger partial charge in [0.2, 0.25) is 0 Å². The van der Waals surface area contributed by atoms with E-state index in [4.69, 9.17) is 18.6 Å². The fourth-order valence-electron chi connectivity index (χ4n) is 2.59. The van der Waals surface area contributed by atoms with Crippen LogP contribution in [0.3, 0.4) is 0 Å². The molecule has 134 valence electrons. The number of benzene rings is 2. The summed E-state index contributed by atoms with van der Waals surface area (Å²) in [7, 11) is 2.92. The molecule has 0 N–H and O–H groups in total. The molecule has 0 bridgehead atoms. The van der Waals surface area contributed by atoms with Gasteiger partial charge in [-0.05, 0) is 30.3 Å². The van der Waals surface area contributed by atoms with Gasteiger partial charge in [0.1, 0.15) is 29.3 Å². The van der Waals surface area contributed by atoms with Gasteiger partial charge < -0.3 is 18.6 Å². The summed E-state index contributed by atoms with van der Waals surface area (Å²) >= 11 is 3.33. The highest BCUT2D eigenvalue weighted by Gasteiger charge is 2.20. The average Bonchev–Trinajstić information content (AvgIpc) is 2.64. The van der Waals surface area contributed by atoms with Gasteiger partial charge in [-0.25, -0.2) is 9.59 Å². The van der Waals surface area contributed by atoms with Gasteiger partial charge in [0.05, 0.1) is 14.2 Å². The number of hydrogen-bond donors (Lipinski definition) is 0. The number of esters is 1. The lowest BCUT2D eigenvalue weighted by atomic mass is 10.1. The Morgan fingerprint density at radius 1 is 1.08 bits per heavy atom. The molecule has 1 heterocycles. The summed E-state index contributed by atoms with van der Waals surface area (Å²) in [5, 5.41) is 0.688. The maximum Gasteiger partial charge on any atom is 0.346 e. The molecule has 0 unspecified atom stereocenters. The van der Waals surface area contributed by atoms with Crippen LogP contribution in [0.1, 0.15) is 15.9 Å². The molecule has 3 rings (SSSR count). The van der Waals surface area contributed by atoms with Gasteiger partial charge >= 0.3 is 11.6 Å². The fourth-order valence-corrected chi connectivity index (χ4v) is 2.93. The van der Waals surface area contributed by atoms with E-state index in [0.717, 1.165) is 4.47 Å². The Morgan fingerprint density at radius 2 is 1.77 bits per heavy atom. The lowest BCUT2D eigenvalue weighted by Gasteiger charge is -2.13. The van der Waals surface area contributed by atoms with Crippen molar-refractivity contribution in [3.05, 3.63) is 68.5 Å². The van der Waals surface area contributed by atoms with E-state index in [2.05, 4.69) is 15.9 Å². The molecule has 7 heteroatoms. The van der Waals surface area contributed by atoms with Crippen molar-refractivity contribution in [3.63, 3.8) is 0 Å². The Morgan fingerprint density at radius 3 is 2.42 bits per heavy atom. The van der Waals surface area contributed by atoms with Crippen LogP contribution < -0.4 is 15.1 Å². The Labute approximate surface area is 157 Å². The van der Waals surface area contributed by atoms with Crippen molar-refractivity contribution in [1.29, 1.82) is 0 Å². The van der Waals surface area contributed by atoms with E-state index in [9.17, 15) is 9.59 Å². The molecule has 0 saturated carbocycles. The van der Waals surface area contributed by atoms with E-state index in [0.29, 0.717) is 28.0 Å². The third-order valence-electron chi connectivity index (χ3n) is 3.78. The number of carbonyl (C=O) groups excluding carboxylic acids is 1. The maximum atomic E-state index is 12.6. The summed E-state index contributed by atoms with van der Waals surface area (Å²) in [6, 6.07) is 11.6. The standard InChI is InChI=1S/C19H15BrO6/c1-23-14-4-3-5-15(24-2)18(14)19(22)25-10-11-8-17(21)26-16-9-12(20)6-7-13(11)16/h3-9H,10H2,1-2H3. The van der Waals surface area contributed by atoms with Crippen molar-refractivity contribution in [2.75, 3.05) is 14.2 Å². The first-order valence-electron chi connectivity index (χ1n) is 7.64. The first-order valence-corrected chi connectivity index (χ1v) is 8.43. The van der Waals surface area contributed by atoms with Gasteiger partial charge in [-0.2, -0.15) is 0 Å². The Kier molecular flexibility index (Phi) is 5.27. The molecule has 0 aliphatic heterocycles. The predicted molar refractivity (Wildman–Crippen MR) is 98.8 cm³/mol. The predicted octanol–water partition coefficient (Wildman–Crippen LogP) is 3.93. The van der Waals surface area contributed by atoms with Gasteiger partial charge in [-0.3, -0.25) is 0 Å². The zero-order valence-electron chi connectivity index (χ0n) is 14.1. The monoisotopic (exact) mass is 418 g/mol. The molecule has 0 saturated heterocycles. The van der Waals surface area contributed by atoms with Crippen molar-refractivity contribution in [1.82, 2.24) is 0 Å². The first kappa shape index (κ1) is 18.0. The summed E-state index contributed by atoms with van der Waals surface area (Å²) in [6.45, 7) is -0.0935. The van der Waals surface area contributed by atoms with Gasteiger partial charge in [0.15, 0.2) is 0 Å². The number of halogens is 1. The van der Waals surface area contributed by atoms with Crippen LogP contribution in [0.25, 0.3) is 11.0 Å². The quantitative estimate of drug-likeness (QED) is 0.461. The Bertz CT molecular complexity index is 1000. The molecule has 1 aromatic heterocycles. The second-order valence-corrected chi connectivity index (χ2v) is 6.26. The van der Waals surface area contributed by atoms with Crippen LogP contribution >= 0.6 is 15.9 Å². The number of fused-ring (bicyclic) bond motifs is 1. The molecule has 0 fully saturated rings. The molecule has 0 spiro atoms. The van der Waals surface area contributed by atoms with Crippen molar-refractivity contribution >= 4 is 32.9 Å². The molecule has 0 radical (unpaired) electrons. The number of rotatable bonds is 5. The summed E-state index contributed by atoms with van der Waals surface area (Å²) in [6.07, 6.45) is 0. The van der Waals surface area contributed by atoms with E-state index in [-0.39, 0.29) is 12.2 Å². The number of carbonyl (C=O) groups is 1. The highest BCUT2D eigenvalue weighted by molar-refractivity contribution is 9.10. The zero-order chi connectivity index (χ0) is 18.7. The molecule has 26 heavy (non-hydrogen) atoms. The van der Waals surface area contributed by atoms with Crippen molar-refractivity contribution in [2.45, 2.75) is 6.61 Å². The Balaban J connectivity index is 1.92. The molecular formula is C19H15BrO6. The molecule has 0 amide bonds. The van der Waals surface area contributed by atoms with E-state index in [1.54, 1.807) is 30.3 Å². The third kappa shape index (κ3) is 3.57. The minimum absolute atomic E-state index is 0.0935. The largest absolute Gasteiger partial charge is 0.496 e. The second kappa shape index (κ2) is 7.61. The SMILES string of the molecule is COc1cccc(OC)c1C(=O)OCc1cc(=O)oc2cc(Br)ccc12. The normalized spacial score (nSPS) is 10.6. The first-order chi connectivity index (χ1) is 12.5. The molecule has 0 aliphatic carbocycles. The van der Waals surface area contributed by atoms with Crippen LogP contribution in [-0.4, -0.2) is 20.2 Å². The van der Waals surface area contributed by atoms with Crippen LogP contribution in [0, 0.1) is 0 Å². The number of ether oxygens (including phenoxy) is 3. The van der Waals surface area contributed by atoms with Gasteiger partial charge in [0, 0.05) is 21.5 Å². The highest BCUT2D eigenvalue weighted by Crippen LogP contribution is 2.29. The van der Waals surface area contributed by atoms with Crippen LogP contribution in [-0.2, 0) is 11.3 Å². The van der Waals surface area contributed by atoms with Crippen molar-refractivity contribution in [3.8, 4) is 11.5 Å². The molecule has 0 aliphatic rings. The summed E-state index contributed by atoms with van der Waals surface area (Å²) in [4.78, 5) is 24.3. The third-order valence-corrected chi connectivity index (χ3v) is 4.28. The highest BCUT2D eigenvalue weighted by atomic mass is 79.9. The lowest BCUT2D eigenvalue weighted by molar-refractivity contribution is 0.0466. The molecule has 0 atom stereocenters. The summed E-state index contributed by atoms with van der Waals surface area (Å²) in [5.41, 5.74) is 0.628. The van der Waals surface area contributed by atoms with Gasteiger partial charge in [-0.15, -0.1) is 0 Å². The summed E-state index contributed by atoms with van der Waals surface area (Å²) < 4.78 is 21.8. The minimum atomic E-state index is -0.613. The zero-order valence-corrected chi connectivity index (χ0v) is 15.7. The van der Waals surface area contributed by atoms with Crippen molar-refractivity contribution < 1.29 is 23.4 Å². The molecule has 3 aromatic rings. The lowest BCUT2D eigenvalue weighted by Crippen LogP contribution is -2.10. The van der Waals surface area contributed by atoms with Crippen LogP contribution in [0.2, 0.25) is 0 Å². The number of hydrogen-bond acceptors (Lipinski definition) is 6. The molecule has 6 nitrogen and oxygen atoms in total. The van der Waals surface area contributed by atoms with Crippen LogP contribution in [0.5, 0.6) is 11.5 Å². The maximum absolute atomic E-state index is 12.6. The molecule has 2 aromatic carbocycles. The smallest absolute Gasteiger partial charge is 0.346 e. The average molecular weight is 419 g/mol. The second-order valence-electron chi connectivity index (χ2n) is 5.34. The van der Waals surface area contributed by atoms with Crippen molar-refractivity contribution in [2.24, 2.45) is 0 Å². The van der Waals surface area contributed by atoms with Crippen LogP contribution in [0.4, 0.5) is 0 Å². The van der Waals surface area contributed by atoms with E-state index in [1.807, 2.05) is 6.07 Å².